The van der Waals surface area contributed by atoms with Crippen molar-refractivity contribution in [2.45, 2.75) is 19.0 Å². The number of hydrogen-bond donors (Lipinski definition) is 3. The van der Waals surface area contributed by atoms with Crippen LogP contribution in [0.15, 0.2) is 84.9 Å². The van der Waals surface area contributed by atoms with E-state index in [-0.39, 0.29) is 5.91 Å². The van der Waals surface area contributed by atoms with Crippen LogP contribution in [0.2, 0.25) is 0 Å². The van der Waals surface area contributed by atoms with Gasteiger partial charge in [0.1, 0.15) is 11.8 Å². The second kappa shape index (κ2) is 10.7. The second-order valence-electron chi connectivity index (χ2n) is 6.74. The molecule has 0 radical (unpaired) electrons. The highest BCUT2D eigenvalue weighted by Crippen LogP contribution is 2.22. The van der Waals surface area contributed by atoms with Gasteiger partial charge in [-0.05, 0) is 23.3 Å². The molecule has 3 rings (SSSR count). The smallest absolute Gasteiger partial charge is 0.320 e. The molecule has 1 atom stereocenters. The third-order valence-corrected chi connectivity index (χ3v) is 4.57. The lowest BCUT2D eigenvalue weighted by Gasteiger charge is -2.19. The molecule has 0 aliphatic carbocycles. The molecule has 30 heavy (non-hydrogen) atoms. The molecule has 154 valence electrons. The molecule has 0 fully saturated rings. The van der Waals surface area contributed by atoms with Crippen molar-refractivity contribution in [3.8, 4) is 5.75 Å². The molecule has 3 aromatic rings. The summed E-state index contributed by atoms with van der Waals surface area (Å²) in [6.45, 7) is 0.390. The van der Waals surface area contributed by atoms with E-state index in [9.17, 15) is 9.59 Å². The zero-order valence-electron chi connectivity index (χ0n) is 16.8. The van der Waals surface area contributed by atoms with Gasteiger partial charge in [0, 0.05) is 13.0 Å². The summed E-state index contributed by atoms with van der Waals surface area (Å²) >= 11 is 0. The first-order chi connectivity index (χ1) is 14.7. The summed E-state index contributed by atoms with van der Waals surface area (Å²) in [7, 11) is 1.54. The molecule has 6 nitrogen and oxygen atoms in total. The van der Waals surface area contributed by atoms with Crippen molar-refractivity contribution in [2.24, 2.45) is 0 Å². The number of carbonyl (C=O) groups excluding carboxylic acids is 2. The highest BCUT2D eigenvalue weighted by atomic mass is 16.5. The fraction of sp³-hybridized carbons (Fsp3) is 0.167. The van der Waals surface area contributed by atoms with Crippen molar-refractivity contribution >= 4 is 17.6 Å². The monoisotopic (exact) mass is 403 g/mol. The Kier molecular flexibility index (Phi) is 7.44. The lowest BCUT2D eigenvalue weighted by molar-refractivity contribution is -0.123. The first-order valence-corrected chi connectivity index (χ1v) is 9.72. The number of nitrogens with one attached hydrogen (secondary N) is 3. The van der Waals surface area contributed by atoms with E-state index in [1.54, 1.807) is 18.2 Å². The van der Waals surface area contributed by atoms with E-state index in [4.69, 9.17) is 4.74 Å². The minimum Gasteiger partial charge on any atom is -0.495 e. The molecule has 0 spiro atoms. The van der Waals surface area contributed by atoms with E-state index in [1.807, 2.05) is 66.7 Å². The van der Waals surface area contributed by atoms with E-state index in [0.29, 0.717) is 24.4 Å². The zero-order valence-corrected chi connectivity index (χ0v) is 16.8. The molecule has 3 N–H and O–H groups in total. The molecular formula is C24H25N3O3. The van der Waals surface area contributed by atoms with Gasteiger partial charge in [-0.15, -0.1) is 0 Å². The van der Waals surface area contributed by atoms with E-state index in [2.05, 4.69) is 16.0 Å². The Labute approximate surface area is 176 Å². The van der Waals surface area contributed by atoms with Crippen LogP contribution in [-0.4, -0.2) is 25.1 Å². The topological polar surface area (TPSA) is 79.5 Å². The molecule has 0 heterocycles. The van der Waals surface area contributed by atoms with Gasteiger partial charge in [0.25, 0.3) is 0 Å². The van der Waals surface area contributed by atoms with Gasteiger partial charge in [-0.25, -0.2) is 4.79 Å². The van der Waals surface area contributed by atoms with E-state index in [1.165, 1.54) is 7.11 Å². The molecule has 1 unspecified atom stereocenters. The van der Waals surface area contributed by atoms with Gasteiger partial charge >= 0.3 is 6.03 Å². The Morgan fingerprint density at radius 1 is 0.833 bits per heavy atom. The van der Waals surface area contributed by atoms with E-state index in [0.717, 1.165) is 11.1 Å². The number of para-hydroxylation sites is 2. The van der Waals surface area contributed by atoms with Crippen molar-refractivity contribution in [3.05, 3.63) is 96.1 Å². The second-order valence-corrected chi connectivity index (χ2v) is 6.74. The number of anilines is 1. The average Bonchev–Trinajstić information content (AvgIpc) is 2.78. The summed E-state index contributed by atoms with van der Waals surface area (Å²) in [6.07, 6.45) is 0.376. The summed E-state index contributed by atoms with van der Waals surface area (Å²) in [4.78, 5) is 25.5. The Bertz CT molecular complexity index is 962. The molecule has 0 aromatic heterocycles. The van der Waals surface area contributed by atoms with Crippen LogP contribution in [0.25, 0.3) is 0 Å². The van der Waals surface area contributed by atoms with Crippen LogP contribution in [0.4, 0.5) is 10.5 Å². The molecule has 0 saturated heterocycles. The number of ether oxygens (including phenoxy) is 1. The Hall–Kier alpha value is -3.80. The Morgan fingerprint density at radius 3 is 2.10 bits per heavy atom. The maximum atomic E-state index is 12.9. The van der Waals surface area contributed by atoms with Crippen LogP contribution in [0.5, 0.6) is 5.75 Å². The van der Waals surface area contributed by atoms with Gasteiger partial charge in [0.2, 0.25) is 5.91 Å². The van der Waals surface area contributed by atoms with Crippen LogP contribution >= 0.6 is 0 Å². The first kappa shape index (κ1) is 20.9. The van der Waals surface area contributed by atoms with Crippen molar-refractivity contribution in [3.63, 3.8) is 0 Å². The largest absolute Gasteiger partial charge is 0.495 e. The van der Waals surface area contributed by atoms with Crippen molar-refractivity contribution < 1.29 is 14.3 Å². The number of carbonyl (C=O) groups is 2. The van der Waals surface area contributed by atoms with Gasteiger partial charge in [-0.1, -0.05) is 72.8 Å². The number of hydrogen-bond acceptors (Lipinski definition) is 3. The maximum Gasteiger partial charge on any atom is 0.320 e. The third-order valence-electron chi connectivity index (χ3n) is 4.57. The quantitative estimate of drug-likeness (QED) is 0.536. The van der Waals surface area contributed by atoms with Crippen LogP contribution in [0.1, 0.15) is 11.1 Å². The Balaban J connectivity index is 1.68. The summed E-state index contributed by atoms with van der Waals surface area (Å²) in [5.74, 6) is 0.290. The number of rotatable bonds is 8. The molecule has 0 aliphatic rings. The number of benzene rings is 3. The van der Waals surface area contributed by atoms with Gasteiger partial charge in [-0.3, -0.25) is 4.79 Å². The normalized spacial score (nSPS) is 11.2. The molecule has 0 bridgehead atoms. The molecule has 0 saturated carbocycles. The van der Waals surface area contributed by atoms with Gasteiger partial charge in [0.15, 0.2) is 0 Å². The maximum absolute atomic E-state index is 12.9. The Morgan fingerprint density at radius 2 is 1.43 bits per heavy atom. The summed E-state index contributed by atoms with van der Waals surface area (Å²) < 4.78 is 5.26. The first-order valence-electron chi connectivity index (χ1n) is 9.72. The zero-order chi connectivity index (χ0) is 21.2. The minimum absolute atomic E-state index is 0.252. The summed E-state index contributed by atoms with van der Waals surface area (Å²) in [5, 5.41) is 8.44. The highest BCUT2D eigenvalue weighted by Gasteiger charge is 2.21. The van der Waals surface area contributed by atoms with Gasteiger partial charge in [-0.2, -0.15) is 0 Å². The predicted octanol–water partition coefficient (Wildman–Crippen LogP) is 3.74. The number of urea groups is 1. The summed E-state index contributed by atoms with van der Waals surface area (Å²) in [6, 6.07) is 25.1. The van der Waals surface area contributed by atoms with Gasteiger partial charge < -0.3 is 20.7 Å². The molecule has 3 amide bonds. The van der Waals surface area contributed by atoms with Crippen molar-refractivity contribution in [2.75, 3.05) is 12.4 Å². The van der Waals surface area contributed by atoms with Gasteiger partial charge in [0.05, 0.1) is 12.8 Å². The molecular weight excluding hydrogens is 378 g/mol. The molecule has 0 aliphatic heterocycles. The minimum atomic E-state index is -0.731. The molecule has 3 aromatic carbocycles. The van der Waals surface area contributed by atoms with E-state index < -0.39 is 12.1 Å². The standard InChI is InChI=1S/C24H25N3O3/c1-30-22-15-9-8-14-20(22)26-24(29)27-21(16-18-10-4-2-5-11-18)23(28)25-17-19-12-6-3-7-13-19/h2-15,21H,16-17H2,1H3,(H,25,28)(H2,26,27,29). The molecule has 6 heteroatoms. The number of amides is 3. The van der Waals surface area contributed by atoms with Crippen LogP contribution in [0, 0.1) is 0 Å². The predicted molar refractivity (Wildman–Crippen MR) is 117 cm³/mol. The lowest BCUT2D eigenvalue weighted by Crippen LogP contribution is -2.49. The average molecular weight is 403 g/mol. The summed E-state index contributed by atoms with van der Waals surface area (Å²) in [5.41, 5.74) is 2.47. The van der Waals surface area contributed by atoms with Crippen LogP contribution < -0.4 is 20.7 Å². The fourth-order valence-corrected chi connectivity index (χ4v) is 3.03. The third kappa shape index (κ3) is 6.10. The lowest BCUT2D eigenvalue weighted by atomic mass is 10.1. The van der Waals surface area contributed by atoms with Crippen molar-refractivity contribution in [1.29, 1.82) is 0 Å². The highest BCUT2D eigenvalue weighted by molar-refractivity contribution is 5.94. The van der Waals surface area contributed by atoms with Crippen molar-refractivity contribution in [1.82, 2.24) is 10.6 Å². The SMILES string of the molecule is COc1ccccc1NC(=O)NC(Cc1ccccc1)C(=O)NCc1ccccc1. The van der Waals surface area contributed by atoms with Crippen LogP contribution in [-0.2, 0) is 17.8 Å². The number of methoxy groups -OCH3 is 1. The fourth-order valence-electron chi connectivity index (χ4n) is 3.03. The van der Waals surface area contributed by atoms with Crippen LogP contribution in [0.3, 0.4) is 0 Å². The van der Waals surface area contributed by atoms with E-state index >= 15 is 0 Å².